The van der Waals surface area contributed by atoms with Crippen molar-refractivity contribution < 1.29 is 4.74 Å². The van der Waals surface area contributed by atoms with Gasteiger partial charge in [0, 0.05) is 12.5 Å². The summed E-state index contributed by atoms with van der Waals surface area (Å²) in [5, 5.41) is 7.72. The summed E-state index contributed by atoms with van der Waals surface area (Å²) in [5.74, 6) is 6.92. The molecule has 78 valence electrons. The molecule has 2 heterocycles. The summed E-state index contributed by atoms with van der Waals surface area (Å²) < 4.78 is 6.91. The Morgan fingerprint density at radius 1 is 1.57 bits per heavy atom. The highest BCUT2D eigenvalue weighted by molar-refractivity contribution is 5.20. The topological polar surface area (TPSA) is 92.0 Å². The average molecular weight is 197 g/mol. The van der Waals surface area contributed by atoms with Gasteiger partial charge in [0.15, 0.2) is 5.82 Å². The van der Waals surface area contributed by atoms with E-state index in [0.29, 0.717) is 0 Å². The van der Waals surface area contributed by atoms with Gasteiger partial charge in [-0.05, 0) is 12.8 Å². The third-order valence-corrected chi connectivity index (χ3v) is 2.69. The summed E-state index contributed by atoms with van der Waals surface area (Å²) >= 11 is 0. The molecule has 2 unspecified atom stereocenters. The lowest BCUT2D eigenvalue weighted by atomic mass is 9.99. The average Bonchev–Trinajstić information content (AvgIpc) is 2.75. The molecule has 0 aliphatic carbocycles. The smallest absolute Gasteiger partial charge is 0.240 e. The summed E-state index contributed by atoms with van der Waals surface area (Å²) in [6.07, 6.45) is 2.09. The SMILES string of the molecule is CCC1OCCC1c1nnc(N)n1N. The monoisotopic (exact) mass is 197 g/mol. The molecule has 2 atom stereocenters. The first-order valence-electron chi connectivity index (χ1n) is 4.81. The van der Waals surface area contributed by atoms with Gasteiger partial charge in [0.1, 0.15) is 0 Å². The van der Waals surface area contributed by atoms with Crippen molar-refractivity contribution in [1.29, 1.82) is 0 Å². The highest BCUT2D eigenvalue weighted by Crippen LogP contribution is 2.31. The van der Waals surface area contributed by atoms with Crippen LogP contribution in [0.15, 0.2) is 0 Å². The van der Waals surface area contributed by atoms with Gasteiger partial charge in [-0.15, -0.1) is 10.2 Å². The Kier molecular flexibility index (Phi) is 2.28. The van der Waals surface area contributed by atoms with Crippen LogP contribution in [0.5, 0.6) is 0 Å². The molecule has 1 aliphatic rings. The van der Waals surface area contributed by atoms with E-state index in [1.165, 1.54) is 4.68 Å². The van der Waals surface area contributed by atoms with Crippen molar-refractivity contribution in [2.45, 2.75) is 31.8 Å². The number of nitrogens with zero attached hydrogens (tertiary/aromatic N) is 3. The fourth-order valence-electron chi connectivity index (χ4n) is 1.92. The molecule has 6 heteroatoms. The number of nitrogens with two attached hydrogens (primary N) is 2. The molecule has 0 radical (unpaired) electrons. The molecule has 0 bridgehead atoms. The molecule has 0 aromatic carbocycles. The Labute approximate surface area is 82.2 Å². The number of aromatic nitrogens is 3. The molecule has 4 N–H and O–H groups in total. The number of hydrogen-bond acceptors (Lipinski definition) is 5. The first-order chi connectivity index (χ1) is 6.74. The van der Waals surface area contributed by atoms with Gasteiger partial charge >= 0.3 is 0 Å². The fraction of sp³-hybridized carbons (Fsp3) is 0.750. The molecule has 1 aromatic heterocycles. The zero-order valence-electron chi connectivity index (χ0n) is 8.18. The van der Waals surface area contributed by atoms with Gasteiger partial charge < -0.3 is 16.3 Å². The van der Waals surface area contributed by atoms with Crippen LogP contribution in [-0.2, 0) is 4.74 Å². The first kappa shape index (κ1) is 9.26. The van der Waals surface area contributed by atoms with Crippen LogP contribution in [-0.4, -0.2) is 27.6 Å². The van der Waals surface area contributed by atoms with Crippen molar-refractivity contribution in [1.82, 2.24) is 14.9 Å². The van der Waals surface area contributed by atoms with Gasteiger partial charge in [-0.3, -0.25) is 0 Å². The highest BCUT2D eigenvalue weighted by atomic mass is 16.5. The zero-order chi connectivity index (χ0) is 10.1. The molecular weight excluding hydrogens is 182 g/mol. The maximum atomic E-state index is 5.71. The van der Waals surface area contributed by atoms with E-state index >= 15 is 0 Å². The third kappa shape index (κ3) is 1.31. The Balaban J connectivity index is 2.26. The van der Waals surface area contributed by atoms with Crippen LogP contribution < -0.4 is 11.6 Å². The van der Waals surface area contributed by atoms with Gasteiger partial charge in [-0.25, -0.2) is 4.68 Å². The van der Waals surface area contributed by atoms with Crippen LogP contribution in [0.1, 0.15) is 31.5 Å². The summed E-state index contributed by atoms with van der Waals surface area (Å²) in [7, 11) is 0. The quantitative estimate of drug-likeness (QED) is 0.643. The van der Waals surface area contributed by atoms with Gasteiger partial charge in [-0.2, -0.15) is 0 Å². The van der Waals surface area contributed by atoms with Crippen molar-refractivity contribution in [3.63, 3.8) is 0 Å². The molecule has 1 aromatic rings. The number of ether oxygens (including phenoxy) is 1. The molecule has 1 aliphatic heterocycles. The Bertz CT molecular complexity index is 324. The third-order valence-electron chi connectivity index (χ3n) is 2.69. The second-order valence-electron chi connectivity index (χ2n) is 3.50. The minimum atomic E-state index is 0.195. The Hall–Kier alpha value is -1.30. The van der Waals surface area contributed by atoms with Crippen LogP contribution in [0.4, 0.5) is 5.95 Å². The molecule has 1 fully saturated rings. The van der Waals surface area contributed by atoms with Gasteiger partial charge in [0.25, 0.3) is 0 Å². The molecule has 0 spiro atoms. The summed E-state index contributed by atoms with van der Waals surface area (Å²) in [5.41, 5.74) is 5.52. The van der Waals surface area contributed by atoms with Crippen LogP contribution in [0, 0.1) is 0 Å². The van der Waals surface area contributed by atoms with E-state index in [4.69, 9.17) is 16.3 Å². The Morgan fingerprint density at radius 2 is 2.36 bits per heavy atom. The summed E-state index contributed by atoms with van der Waals surface area (Å²) in [6.45, 7) is 2.85. The minimum Gasteiger partial charge on any atom is -0.377 e. The fourth-order valence-corrected chi connectivity index (χ4v) is 1.92. The first-order valence-corrected chi connectivity index (χ1v) is 4.81. The molecule has 2 rings (SSSR count). The van der Waals surface area contributed by atoms with E-state index in [2.05, 4.69) is 17.1 Å². The van der Waals surface area contributed by atoms with E-state index in [9.17, 15) is 0 Å². The van der Waals surface area contributed by atoms with E-state index in [0.717, 1.165) is 25.3 Å². The van der Waals surface area contributed by atoms with Gasteiger partial charge in [0.2, 0.25) is 5.95 Å². The van der Waals surface area contributed by atoms with Crippen molar-refractivity contribution in [2.24, 2.45) is 0 Å². The highest BCUT2D eigenvalue weighted by Gasteiger charge is 2.32. The van der Waals surface area contributed by atoms with Crippen molar-refractivity contribution in [3.05, 3.63) is 5.82 Å². The van der Waals surface area contributed by atoms with E-state index in [1.54, 1.807) is 0 Å². The standard InChI is InChI=1S/C8H15N5O/c1-2-6-5(3-4-14-6)7-11-12-8(9)13(7)10/h5-6H,2-4,10H2,1H3,(H2,9,12). The van der Waals surface area contributed by atoms with Crippen LogP contribution in [0.2, 0.25) is 0 Å². The zero-order valence-corrected chi connectivity index (χ0v) is 8.18. The van der Waals surface area contributed by atoms with E-state index in [-0.39, 0.29) is 18.0 Å². The number of nitrogen functional groups attached to an aromatic ring is 2. The lowest BCUT2D eigenvalue weighted by Crippen LogP contribution is -2.22. The molecule has 0 amide bonds. The van der Waals surface area contributed by atoms with Crippen molar-refractivity contribution in [3.8, 4) is 0 Å². The number of rotatable bonds is 2. The predicted molar refractivity (Wildman–Crippen MR) is 52.0 cm³/mol. The molecule has 6 nitrogen and oxygen atoms in total. The summed E-state index contributed by atoms with van der Waals surface area (Å²) in [6, 6.07) is 0. The molecular formula is C8H15N5O. The lowest BCUT2D eigenvalue weighted by molar-refractivity contribution is 0.0991. The second-order valence-corrected chi connectivity index (χ2v) is 3.50. The minimum absolute atomic E-state index is 0.195. The normalized spacial score (nSPS) is 26.9. The van der Waals surface area contributed by atoms with Gasteiger partial charge in [-0.1, -0.05) is 6.92 Å². The van der Waals surface area contributed by atoms with Gasteiger partial charge in [0.05, 0.1) is 6.10 Å². The maximum Gasteiger partial charge on any atom is 0.240 e. The van der Waals surface area contributed by atoms with E-state index < -0.39 is 0 Å². The molecule has 1 saturated heterocycles. The predicted octanol–water partition coefficient (Wildman–Crippen LogP) is -0.143. The lowest BCUT2D eigenvalue weighted by Gasteiger charge is -2.15. The Morgan fingerprint density at radius 3 is 2.93 bits per heavy atom. The van der Waals surface area contributed by atoms with Crippen molar-refractivity contribution >= 4 is 5.95 Å². The van der Waals surface area contributed by atoms with Crippen molar-refractivity contribution in [2.75, 3.05) is 18.2 Å². The largest absolute Gasteiger partial charge is 0.377 e. The van der Waals surface area contributed by atoms with E-state index in [1.807, 2.05) is 0 Å². The second kappa shape index (κ2) is 3.45. The molecule has 14 heavy (non-hydrogen) atoms. The van der Waals surface area contributed by atoms with Crippen LogP contribution >= 0.6 is 0 Å². The molecule has 0 saturated carbocycles. The van der Waals surface area contributed by atoms with Crippen LogP contribution in [0.25, 0.3) is 0 Å². The van der Waals surface area contributed by atoms with Crippen LogP contribution in [0.3, 0.4) is 0 Å². The number of hydrogen-bond donors (Lipinski definition) is 2. The maximum absolute atomic E-state index is 5.71. The number of anilines is 1. The summed E-state index contributed by atoms with van der Waals surface area (Å²) in [4.78, 5) is 0.